The lowest BCUT2D eigenvalue weighted by Gasteiger charge is -2.58. The molecule has 16 heteroatoms. The van der Waals surface area contributed by atoms with E-state index in [0.717, 1.165) is 0 Å². The first kappa shape index (κ1) is 41.0. The number of esters is 4. The summed E-state index contributed by atoms with van der Waals surface area (Å²) in [6, 6.07) is 36.3. The Kier molecular flexibility index (Phi) is 8.53. The van der Waals surface area contributed by atoms with E-state index in [1.807, 2.05) is 72.8 Å². The van der Waals surface area contributed by atoms with Gasteiger partial charge in [0.25, 0.3) is 23.1 Å². The average Bonchev–Trinajstić information content (AvgIpc) is 4.09. The maximum atomic E-state index is 13.6. The molecule has 0 aliphatic carbocycles. The van der Waals surface area contributed by atoms with Crippen molar-refractivity contribution in [2.45, 2.75) is 45.6 Å². The Balaban J connectivity index is 0.000000134. The highest BCUT2D eigenvalue weighted by Gasteiger charge is 2.80. The van der Waals surface area contributed by atoms with Gasteiger partial charge in [-0.1, -0.05) is 121 Å². The number of benzene rings is 4. The standard InChI is InChI=1S/2C26H20O8/c2*27-21-25(17-7-3-1-4-8-17)19-11-13-31-23(19,33-25)15-30-22(28)26(18-9-5-2-6-10-18)20-12-14-32-24(20,34-26)16-29-21/h2*1-14,19-20H,15-16H2/t2*19-,20+,23-,24+,25-,26+. The topological polar surface area (TPSA) is 179 Å². The summed E-state index contributed by atoms with van der Waals surface area (Å²) >= 11 is 0. The third kappa shape index (κ3) is 5.06. The minimum atomic E-state index is -1.45. The Hall–Kier alpha value is -7.24. The number of cyclic esters (lactones) is 4. The van der Waals surface area contributed by atoms with E-state index in [4.69, 9.17) is 56.8 Å². The van der Waals surface area contributed by atoms with E-state index >= 15 is 0 Å². The van der Waals surface area contributed by atoms with E-state index in [0.29, 0.717) is 22.3 Å². The van der Waals surface area contributed by atoms with Gasteiger partial charge >= 0.3 is 23.9 Å². The minimum Gasteiger partial charge on any atom is -0.466 e. The first-order valence-corrected chi connectivity index (χ1v) is 22.2. The zero-order valence-electron chi connectivity index (χ0n) is 35.8. The summed E-state index contributed by atoms with van der Waals surface area (Å²) < 4.78 is 71.1. The molecule has 8 bridgehead atoms. The molecule has 10 aliphatic heterocycles. The Morgan fingerprint density at radius 3 is 0.721 bits per heavy atom. The molecule has 14 rings (SSSR count). The van der Waals surface area contributed by atoms with Gasteiger partial charge < -0.3 is 56.8 Å². The highest BCUT2D eigenvalue weighted by atomic mass is 16.8. The van der Waals surface area contributed by atoms with Crippen LogP contribution in [0, 0.1) is 23.7 Å². The number of hydrogen-bond donors (Lipinski definition) is 0. The summed E-state index contributed by atoms with van der Waals surface area (Å²) in [6.45, 7) is -0.914. The summed E-state index contributed by atoms with van der Waals surface area (Å²) in [5.41, 5.74) is -3.31. The van der Waals surface area contributed by atoms with E-state index in [1.54, 1.807) is 72.8 Å². The Morgan fingerprint density at radius 2 is 0.515 bits per heavy atom. The van der Waals surface area contributed by atoms with Gasteiger partial charge in [0.2, 0.25) is 22.4 Å². The highest BCUT2D eigenvalue weighted by molar-refractivity contribution is 5.88. The van der Waals surface area contributed by atoms with E-state index in [-0.39, 0.29) is 26.4 Å². The Labute approximate surface area is 387 Å². The molecule has 0 amide bonds. The number of carbonyl (C=O) groups is 4. The predicted octanol–water partition coefficient (Wildman–Crippen LogP) is 5.30. The van der Waals surface area contributed by atoms with Gasteiger partial charge in [0.1, 0.15) is 0 Å². The van der Waals surface area contributed by atoms with Crippen molar-refractivity contribution >= 4 is 23.9 Å². The van der Waals surface area contributed by atoms with E-state index in [1.165, 1.54) is 25.0 Å². The van der Waals surface area contributed by atoms with Gasteiger partial charge in [-0.15, -0.1) is 0 Å². The maximum Gasteiger partial charge on any atom is 0.344 e. The number of hydrogen-bond acceptors (Lipinski definition) is 16. The Morgan fingerprint density at radius 1 is 0.309 bits per heavy atom. The molecule has 4 aromatic carbocycles. The van der Waals surface area contributed by atoms with Crippen molar-refractivity contribution in [3.63, 3.8) is 0 Å². The Bertz CT molecular complexity index is 2480. The lowest BCUT2D eigenvalue weighted by atomic mass is 9.69. The summed E-state index contributed by atoms with van der Waals surface area (Å²) in [4.78, 5) is 54.5. The summed E-state index contributed by atoms with van der Waals surface area (Å²) in [5.74, 6) is -9.89. The maximum absolute atomic E-state index is 13.6. The lowest BCUT2D eigenvalue weighted by Crippen LogP contribution is -2.74. The first-order chi connectivity index (χ1) is 33.1. The first-order valence-electron chi connectivity index (χ1n) is 22.2. The van der Waals surface area contributed by atoms with Gasteiger partial charge in [-0.3, -0.25) is 0 Å². The molecule has 10 aliphatic rings. The van der Waals surface area contributed by atoms with Gasteiger partial charge in [-0.05, 0) is 46.6 Å². The molecule has 16 nitrogen and oxygen atoms in total. The van der Waals surface area contributed by atoms with E-state index in [2.05, 4.69) is 0 Å². The number of rotatable bonds is 4. The van der Waals surface area contributed by atoms with Crippen LogP contribution in [0.3, 0.4) is 0 Å². The van der Waals surface area contributed by atoms with Crippen molar-refractivity contribution in [3.8, 4) is 0 Å². The van der Waals surface area contributed by atoms with Crippen LogP contribution < -0.4 is 0 Å². The summed E-state index contributed by atoms with van der Waals surface area (Å²) in [5, 5.41) is 0. The zero-order valence-corrected chi connectivity index (χ0v) is 35.8. The van der Waals surface area contributed by atoms with Gasteiger partial charge in [0, 0.05) is 0 Å². The molecular formula is C52H40O16. The number of ether oxygens (including phenoxy) is 12. The quantitative estimate of drug-likeness (QED) is 0.190. The van der Waals surface area contributed by atoms with Crippen LogP contribution in [0.25, 0.3) is 0 Å². The second-order valence-electron chi connectivity index (χ2n) is 18.1. The predicted molar refractivity (Wildman–Crippen MR) is 226 cm³/mol. The van der Waals surface area contributed by atoms with Gasteiger partial charge in [-0.25, -0.2) is 19.2 Å². The molecule has 6 saturated heterocycles. The average molecular weight is 921 g/mol. The smallest absolute Gasteiger partial charge is 0.344 e. The molecule has 10 heterocycles. The molecule has 6 fully saturated rings. The molecule has 0 radical (unpaired) electrons. The van der Waals surface area contributed by atoms with Crippen LogP contribution in [0.4, 0.5) is 0 Å². The molecule has 0 unspecified atom stereocenters. The lowest BCUT2D eigenvalue weighted by molar-refractivity contribution is -0.419. The van der Waals surface area contributed by atoms with Crippen LogP contribution in [0.1, 0.15) is 22.3 Å². The normalized spacial score (nSPS) is 41.2. The van der Waals surface area contributed by atoms with E-state index in [9.17, 15) is 19.2 Å². The van der Waals surface area contributed by atoms with Gasteiger partial charge in [-0.2, -0.15) is 0 Å². The molecule has 344 valence electrons. The third-order valence-corrected chi connectivity index (χ3v) is 14.8. The minimum absolute atomic E-state index is 0.229. The largest absolute Gasteiger partial charge is 0.466 e. The van der Waals surface area contributed by atoms with Crippen molar-refractivity contribution in [2.24, 2.45) is 23.7 Å². The van der Waals surface area contributed by atoms with Crippen molar-refractivity contribution < 1.29 is 76.0 Å². The van der Waals surface area contributed by atoms with Crippen LogP contribution in [0.5, 0.6) is 0 Å². The monoisotopic (exact) mass is 920 g/mol. The molecule has 0 saturated carbocycles. The van der Waals surface area contributed by atoms with Crippen molar-refractivity contribution in [1.82, 2.24) is 0 Å². The molecular weight excluding hydrogens is 881 g/mol. The highest BCUT2D eigenvalue weighted by Crippen LogP contribution is 2.64. The second-order valence-corrected chi connectivity index (χ2v) is 18.1. The fraction of sp³-hybridized carbons (Fsp3) is 0.308. The molecule has 4 aromatic rings. The van der Waals surface area contributed by atoms with Crippen molar-refractivity contribution in [3.05, 3.63) is 193 Å². The zero-order chi connectivity index (χ0) is 46.0. The third-order valence-electron chi connectivity index (χ3n) is 14.8. The van der Waals surface area contributed by atoms with Gasteiger partial charge in [0.05, 0.1) is 48.7 Å². The molecule has 0 spiro atoms. The summed E-state index contributed by atoms with van der Waals surface area (Å²) in [7, 11) is 0. The number of carbonyl (C=O) groups excluding carboxylic acids is 4. The molecule has 68 heavy (non-hydrogen) atoms. The second kappa shape index (κ2) is 14.1. The molecule has 0 aromatic heterocycles. The summed E-state index contributed by atoms with van der Waals surface area (Å²) in [6.07, 6.45) is 12.9. The van der Waals surface area contributed by atoms with Crippen LogP contribution >= 0.6 is 0 Å². The van der Waals surface area contributed by atoms with Crippen LogP contribution in [-0.4, -0.2) is 73.5 Å². The molecule has 0 N–H and O–H groups in total. The SMILES string of the molecule is O=C1OC[C@@]23OC=C[C@@H]2[C@](c2ccccc2)(O3)C(=O)OC[C@]23OC=C[C@H]2[C@@]1(c1ccccc1)O3.O=C1OC[C@@]23OC=C[C@@H]2[C@](c2ccccc2)(O3)C(=O)OC[C@]23OC=C[C@H]2[C@@]1(c1ccccc1)O3. The van der Waals surface area contributed by atoms with Gasteiger partial charge in [0.15, 0.2) is 26.4 Å². The van der Waals surface area contributed by atoms with Crippen molar-refractivity contribution in [2.75, 3.05) is 26.4 Å². The fourth-order valence-electron chi connectivity index (χ4n) is 11.6. The molecule has 12 atom stereocenters. The van der Waals surface area contributed by atoms with Crippen LogP contribution in [-0.2, 0) is 98.4 Å². The van der Waals surface area contributed by atoms with Crippen LogP contribution in [0.15, 0.2) is 171 Å². The van der Waals surface area contributed by atoms with Crippen LogP contribution in [0.2, 0.25) is 0 Å². The van der Waals surface area contributed by atoms with Crippen molar-refractivity contribution in [1.29, 1.82) is 0 Å². The van der Waals surface area contributed by atoms with E-state index < -0.39 is 93.1 Å². The fourth-order valence-corrected chi connectivity index (χ4v) is 11.6.